The van der Waals surface area contributed by atoms with Crippen LogP contribution in [0.1, 0.15) is 12.1 Å². The van der Waals surface area contributed by atoms with Crippen molar-refractivity contribution in [1.29, 1.82) is 0 Å². The van der Waals surface area contributed by atoms with Gasteiger partial charge in [-0.25, -0.2) is 0 Å². The van der Waals surface area contributed by atoms with Crippen molar-refractivity contribution in [2.45, 2.75) is 26.1 Å². The summed E-state index contributed by atoms with van der Waals surface area (Å²) in [5.41, 5.74) is 0.933. The first kappa shape index (κ1) is 12.5. The first-order valence-corrected chi connectivity index (χ1v) is 4.74. The summed E-state index contributed by atoms with van der Waals surface area (Å²) in [5.74, 6) is -1.90. The Morgan fingerprint density at radius 3 is 2.75 bits per heavy atom. The molecule has 0 spiro atoms. The Balaban J connectivity index is 2.23. The van der Waals surface area contributed by atoms with Crippen molar-refractivity contribution >= 4 is 5.91 Å². The number of carbonyl (C=O) groups is 1. The van der Waals surface area contributed by atoms with Gasteiger partial charge in [0.1, 0.15) is 0 Å². The van der Waals surface area contributed by atoms with Crippen LogP contribution >= 0.6 is 0 Å². The van der Waals surface area contributed by atoms with E-state index >= 15 is 0 Å². The second-order valence-corrected chi connectivity index (χ2v) is 3.30. The molecule has 7 heteroatoms. The van der Waals surface area contributed by atoms with Crippen LogP contribution in [0.5, 0.6) is 0 Å². The zero-order valence-corrected chi connectivity index (χ0v) is 8.71. The number of hydrogen-bond donors (Lipinski definition) is 1. The molecule has 0 saturated heterocycles. The monoisotopic (exact) mass is 235 g/mol. The summed E-state index contributed by atoms with van der Waals surface area (Å²) in [5, 5.41) is 5.76. The van der Waals surface area contributed by atoms with E-state index in [0.29, 0.717) is 13.0 Å². The fourth-order valence-electron chi connectivity index (χ4n) is 1.16. The number of nitrogens with zero attached hydrogens (tertiary/aromatic N) is 2. The molecule has 0 aromatic carbocycles. The molecule has 1 aromatic rings. The van der Waals surface area contributed by atoms with E-state index in [1.54, 1.807) is 22.3 Å². The summed E-state index contributed by atoms with van der Waals surface area (Å²) in [6.45, 7) is 2.32. The van der Waals surface area contributed by atoms with Gasteiger partial charge < -0.3 is 5.32 Å². The van der Waals surface area contributed by atoms with Gasteiger partial charge >= 0.3 is 12.1 Å². The highest BCUT2D eigenvalue weighted by Crippen LogP contribution is 2.13. The van der Waals surface area contributed by atoms with Crippen molar-refractivity contribution in [3.8, 4) is 0 Å². The summed E-state index contributed by atoms with van der Waals surface area (Å²) in [6.07, 6.45) is -2.78. The van der Waals surface area contributed by atoms with E-state index in [1.165, 1.54) is 0 Å². The van der Waals surface area contributed by atoms with Crippen molar-refractivity contribution in [2.24, 2.45) is 0 Å². The fraction of sp³-hybridized carbons (Fsp3) is 0.556. The van der Waals surface area contributed by atoms with Crippen LogP contribution in [0, 0.1) is 6.92 Å². The maximum absolute atomic E-state index is 11.8. The Labute approximate surface area is 90.4 Å². The van der Waals surface area contributed by atoms with E-state index in [-0.39, 0.29) is 6.54 Å². The second-order valence-electron chi connectivity index (χ2n) is 3.30. The number of alkyl halides is 3. The van der Waals surface area contributed by atoms with E-state index in [9.17, 15) is 18.0 Å². The SMILES string of the molecule is Cc1ccnn1CCCNC(=O)C(F)(F)F. The van der Waals surface area contributed by atoms with Crippen LogP contribution in [0.15, 0.2) is 12.3 Å². The lowest BCUT2D eigenvalue weighted by atomic mass is 10.4. The molecule has 0 aliphatic carbocycles. The minimum atomic E-state index is -4.80. The molecule has 16 heavy (non-hydrogen) atoms. The fourth-order valence-corrected chi connectivity index (χ4v) is 1.16. The molecule has 0 fully saturated rings. The average Bonchev–Trinajstić information content (AvgIpc) is 2.57. The smallest absolute Gasteiger partial charge is 0.348 e. The highest BCUT2D eigenvalue weighted by molar-refractivity contribution is 5.81. The summed E-state index contributed by atoms with van der Waals surface area (Å²) in [7, 11) is 0. The second kappa shape index (κ2) is 5.00. The van der Waals surface area contributed by atoms with Gasteiger partial charge in [-0.3, -0.25) is 9.48 Å². The number of aryl methyl sites for hydroxylation is 2. The Bertz CT molecular complexity index is 359. The molecule has 1 N–H and O–H groups in total. The zero-order valence-electron chi connectivity index (χ0n) is 8.71. The van der Waals surface area contributed by atoms with E-state index in [4.69, 9.17) is 0 Å². The predicted octanol–water partition coefficient (Wildman–Crippen LogP) is 1.26. The number of nitrogens with one attached hydrogen (secondary N) is 1. The van der Waals surface area contributed by atoms with Crippen molar-refractivity contribution < 1.29 is 18.0 Å². The molecule has 0 atom stereocenters. The molecule has 1 rings (SSSR count). The Morgan fingerprint density at radius 1 is 1.56 bits per heavy atom. The molecule has 90 valence electrons. The third-order valence-electron chi connectivity index (χ3n) is 2.02. The van der Waals surface area contributed by atoms with Crippen LogP contribution in [-0.2, 0) is 11.3 Å². The normalized spacial score (nSPS) is 11.5. The Kier molecular flexibility index (Phi) is 3.92. The predicted molar refractivity (Wildman–Crippen MR) is 50.6 cm³/mol. The van der Waals surface area contributed by atoms with Crippen LogP contribution < -0.4 is 5.32 Å². The molecule has 1 heterocycles. The van der Waals surface area contributed by atoms with Gasteiger partial charge in [-0.15, -0.1) is 0 Å². The topological polar surface area (TPSA) is 46.9 Å². The van der Waals surface area contributed by atoms with Gasteiger partial charge in [0, 0.05) is 25.0 Å². The lowest BCUT2D eigenvalue weighted by Crippen LogP contribution is -2.37. The van der Waals surface area contributed by atoms with Gasteiger partial charge in [0.2, 0.25) is 0 Å². The maximum atomic E-state index is 11.8. The van der Waals surface area contributed by atoms with Crippen molar-refractivity contribution in [1.82, 2.24) is 15.1 Å². The lowest BCUT2D eigenvalue weighted by molar-refractivity contribution is -0.173. The lowest BCUT2D eigenvalue weighted by Gasteiger charge is -2.08. The number of rotatable bonds is 4. The third kappa shape index (κ3) is 3.56. The van der Waals surface area contributed by atoms with Crippen LogP contribution in [0.3, 0.4) is 0 Å². The van der Waals surface area contributed by atoms with E-state index in [2.05, 4.69) is 5.10 Å². The van der Waals surface area contributed by atoms with E-state index in [0.717, 1.165) is 5.69 Å². The van der Waals surface area contributed by atoms with Crippen LogP contribution in [0.4, 0.5) is 13.2 Å². The summed E-state index contributed by atoms with van der Waals surface area (Å²) in [6, 6.07) is 1.80. The molecule has 0 saturated carbocycles. The zero-order chi connectivity index (χ0) is 12.2. The number of aromatic nitrogens is 2. The molecule has 0 aliphatic rings. The molecule has 1 amide bonds. The molecule has 0 bridgehead atoms. The molecule has 0 aliphatic heterocycles. The molecular formula is C9H12F3N3O. The Morgan fingerprint density at radius 2 is 2.25 bits per heavy atom. The number of halogens is 3. The van der Waals surface area contributed by atoms with Crippen LogP contribution in [0.2, 0.25) is 0 Å². The number of amides is 1. The number of hydrogen-bond acceptors (Lipinski definition) is 2. The van der Waals surface area contributed by atoms with E-state index in [1.807, 2.05) is 6.92 Å². The quantitative estimate of drug-likeness (QED) is 0.798. The standard InChI is InChI=1S/C9H12F3N3O/c1-7-3-5-14-15(7)6-2-4-13-8(16)9(10,11)12/h3,5H,2,4,6H2,1H3,(H,13,16). The molecule has 4 nitrogen and oxygen atoms in total. The van der Waals surface area contributed by atoms with Gasteiger partial charge in [-0.1, -0.05) is 0 Å². The van der Waals surface area contributed by atoms with Crippen molar-refractivity contribution in [2.75, 3.05) is 6.54 Å². The first-order chi connectivity index (χ1) is 7.41. The van der Waals surface area contributed by atoms with Gasteiger partial charge in [0.15, 0.2) is 0 Å². The van der Waals surface area contributed by atoms with Gasteiger partial charge in [0.25, 0.3) is 0 Å². The third-order valence-corrected chi connectivity index (χ3v) is 2.02. The highest BCUT2D eigenvalue weighted by atomic mass is 19.4. The van der Waals surface area contributed by atoms with Crippen LogP contribution in [0.25, 0.3) is 0 Å². The van der Waals surface area contributed by atoms with Gasteiger partial charge in [0.05, 0.1) is 0 Å². The Hall–Kier alpha value is -1.53. The van der Waals surface area contributed by atoms with Gasteiger partial charge in [-0.2, -0.15) is 18.3 Å². The van der Waals surface area contributed by atoms with Crippen LogP contribution in [-0.4, -0.2) is 28.4 Å². The summed E-state index contributed by atoms with van der Waals surface area (Å²) >= 11 is 0. The minimum Gasteiger partial charge on any atom is -0.348 e. The number of carbonyl (C=O) groups excluding carboxylic acids is 1. The first-order valence-electron chi connectivity index (χ1n) is 4.74. The maximum Gasteiger partial charge on any atom is 0.471 e. The molecule has 0 unspecified atom stereocenters. The molecular weight excluding hydrogens is 223 g/mol. The highest BCUT2D eigenvalue weighted by Gasteiger charge is 2.38. The van der Waals surface area contributed by atoms with Gasteiger partial charge in [-0.05, 0) is 19.4 Å². The minimum absolute atomic E-state index is 0.0162. The summed E-state index contributed by atoms with van der Waals surface area (Å²) < 4.78 is 37.0. The largest absolute Gasteiger partial charge is 0.471 e. The van der Waals surface area contributed by atoms with Crippen molar-refractivity contribution in [3.63, 3.8) is 0 Å². The average molecular weight is 235 g/mol. The van der Waals surface area contributed by atoms with Crippen molar-refractivity contribution in [3.05, 3.63) is 18.0 Å². The molecule has 0 radical (unpaired) electrons. The van der Waals surface area contributed by atoms with E-state index < -0.39 is 12.1 Å². The summed E-state index contributed by atoms with van der Waals surface area (Å²) in [4.78, 5) is 10.4. The molecule has 1 aromatic heterocycles.